The standard InChI is InChI=1S/C25H29N5O2S/c1-6-7-8-20-28-22-21-18(15-32-5)13-16(2)27-24(21)33-23(22)25(31)30(20)26-14-17-9-11-19(12-10-17)29(3)4/h9-14H,6-8,15H2,1-5H3. The maximum atomic E-state index is 13.6. The number of aryl methyl sites for hydroxylation is 2. The van der Waals surface area contributed by atoms with Gasteiger partial charge in [0.05, 0.1) is 18.3 Å². The lowest BCUT2D eigenvalue weighted by molar-refractivity contribution is 0.186. The number of methoxy groups -OCH3 is 1. The second-order valence-electron chi connectivity index (χ2n) is 8.29. The SMILES string of the molecule is CCCCc1nc2c(sc3nc(C)cc(COC)c32)c(=O)n1N=Cc1ccc(N(C)C)cc1. The van der Waals surface area contributed by atoms with Crippen molar-refractivity contribution in [1.82, 2.24) is 14.6 Å². The molecule has 0 radical (unpaired) electrons. The number of pyridine rings is 1. The molecule has 7 nitrogen and oxygen atoms in total. The number of benzene rings is 1. The molecule has 0 aliphatic rings. The van der Waals surface area contributed by atoms with Gasteiger partial charge in [-0.15, -0.1) is 11.3 Å². The van der Waals surface area contributed by atoms with Crippen LogP contribution in [0.4, 0.5) is 5.69 Å². The van der Waals surface area contributed by atoms with Crippen LogP contribution in [0.3, 0.4) is 0 Å². The van der Waals surface area contributed by atoms with Crippen LogP contribution in [-0.4, -0.2) is 42.1 Å². The zero-order chi connectivity index (χ0) is 23.5. The molecule has 0 aliphatic carbocycles. The van der Waals surface area contributed by atoms with Gasteiger partial charge < -0.3 is 9.64 Å². The molecule has 8 heteroatoms. The van der Waals surface area contributed by atoms with Crippen molar-refractivity contribution in [2.45, 2.75) is 39.7 Å². The predicted octanol–water partition coefficient (Wildman–Crippen LogP) is 4.75. The van der Waals surface area contributed by atoms with Crippen LogP contribution in [0.15, 0.2) is 40.2 Å². The maximum absolute atomic E-state index is 13.6. The van der Waals surface area contributed by atoms with E-state index in [1.807, 2.05) is 56.3 Å². The molecule has 0 unspecified atom stereocenters. The second kappa shape index (κ2) is 9.80. The number of rotatable bonds is 8. The average Bonchev–Trinajstić information content (AvgIpc) is 3.16. The fraction of sp³-hybridized carbons (Fsp3) is 0.360. The molecule has 1 aromatic carbocycles. The van der Waals surface area contributed by atoms with Gasteiger partial charge in [0.15, 0.2) is 0 Å². The lowest BCUT2D eigenvalue weighted by Gasteiger charge is -2.11. The Hall–Kier alpha value is -3.10. The van der Waals surface area contributed by atoms with E-state index in [0.29, 0.717) is 29.1 Å². The van der Waals surface area contributed by atoms with Gasteiger partial charge in [-0.1, -0.05) is 25.5 Å². The molecule has 3 heterocycles. The first-order valence-electron chi connectivity index (χ1n) is 11.1. The molecule has 0 fully saturated rings. The highest BCUT2D eigenvalue weighted by atomic mass is 32.1. The van der Waals surface area contributed by atoms with E-state index in [0.717, 1.165) is 45.6 Å². The fourth-order valence-corrected chi connectivity index (χ4v) is 4.94. The Kier molecular flexibility index (Phi) is 6.85. The largest absolute Gasteiger partial charge is 0.380 e. The topological polar surface area (TPSA) is 72.6 Å². The summed E-state index contributed by atoms with van der Waals surface area (Å²) in [7, 11) is 5.68. The third-order valence-electron chi connectivity index (χ3n) is 5.50. The third kappa shape index (κ3) is 4.67. The lowest BCUT2D eigenvalue weighted by Crippen LogP contribution is -2.21. The van der Waals surface area contributed by atoms with Crippen molar-refractivity contribution in [3.8, 4) is 0 Å². The Morgan fingerprint density at radius 3 is 2.64 bits per heavy atom. The molecule has 172 valence electrons. The number of anilines is 1. The zero-order valence-electron chi connectivity index (χ0n) is 19.8. The molecule has 4 rings (SSSR count). The van der Waals surface area contributed by atoms with E-state index in [-0.39, 0.29) is 5.56 Å². The van der Waals surface area contributed by atoms with Gasteiger partial charge in [0.2, 0.25) is 0 Å². The van der Waals surface area contributed by atoms with Crippen LogP contribution in [0.2, 0.25) is 0 Å². The van der Waals surface area contributed by atoms with E-state index in [2.05, 4.69) is 17.0 Å². The molecular weight excluding hydrogens is 434 g/mol. The van der Waals surface area contributed by atoms with E-state index in [1.54, 1.807) is 13.3 Å². The summed E-state index contributed by atoms with van der Waals surface area (Å²) in [6.07, 6.45) is 4.32. The van der Waals surface area contributed by atoms with Crippen molar-refractivity contribution in [3.63, 3.8) is 0 Å². The van der Waals surface area contributed by atoms with E-state index in [1.165, 1.54) is 16.0 Å². The summed E-state index contributed by atoms with van der Waals surface area (Å²) >= 11 is 1.37. The van der Waals surface area contributed by atoms with Gasteiger partial charge >= 0.3 is 0 Å². The minimum absolute atomic E-state index is 0.156. The van der Waals surface area contributed by atoms with E-state index >= 15 is 0 Å². The van der Waals surface area contributed by atoms with Crippen LogP contribution < -0.4 is 10.5 Å². The Morgan fingerprint density at radius 2 is 1.97 bits per heavy atom. The Morgan fingerprint density at radius 1 is 1.21 bits per heavy atom. The summed E-state index contributed by atoms with van der Waals surface area (Å²) in [5, 5.41) is 5.47. The second-order valence-corrected chi connectivity index (χ2v) is 9.29. The van der Waals surface area contributed by atoms with E-state index < -0.39 is 0 Å². The molecule has 0 N–H and O–H groups in total. The number of unbranched alkanes of at least 4 members (excludes halogenated alkanes) is 1. The van der Waals surface area contributed by atoms with Gasteiger partial charge in [-0.05, 0) is 42.7 Å². The van der Waals surface area contributed by atoms with Crippen molar-refractivity contribution < 1.29 is 4.74 Å². The molecule has 0 atom stereocenters. The van der Waals surface area contributed by atoms with E-state index in [4.69, 9.17) is 9.72 Å². The number of aromatic nitrogens is 3. The smallest absolute Gasteiger partial charge is 0.292 e. The molecule has 33 heavy (non-hydrogen) atoms. The maximum Gasteiger partial charge on any atom is 0.292 e. The molecule has 0 saturated heterocycles. The minimum atomic E-state index is -0.156. The predicted molar refractivity (Wildman–Crippen MR) is 137 cm³/mol. The molecule has 0 saturated carbocycles. The quantitative estimate of drug-likeness (QED) is 0.353. The molecule has 3 aromatic heterocycles. The highest BCUT2D eigenvalue weighted by Gasteiger charge is 2.19. The van der Waals surface area contributed by atoms with Crippen LogP contribution >= 0.6 is 11.3 Å². The summed E-state index contributed by atoms with van der Waals surface area (Å²) < 4.78 is 7.43. The van der Waals surface area contributed by atoms with Gasteiger partial charge in [0.25, 0.3) is 5.56 Å². The number of nitrogens with zero attached hydrogens (tertiary/aromatic N) is 5. The van der Waals surface area contributed by atoms with Crippen LogP contribution in [0, 0.1) is 6.92 Å². The van der Waals surface area contributed by atoms with Crippen LogP contribution in [-0.2, 0) is 17.8 Å². The Balaban J connectivity index is 1.88. The first kappa shape index (κ1) is 23.1. The van der Waals surface area contributed by atoms with Gasteiger partial charge in [0.1, 0.15) is 15.4 Å². The molecule has 0 amide bonds. The number of hydrogen-bond acceptors (Lipinski definition) is 7. The van der Waals surface area contributed by atoms with Gasteiger partial charge in [-0.3, -0.25) is 4.79 Å². The number of hydrogen-bond donors (Lipinski definition) is 0. The molecule has 4 aromatic rings. The number of fused-ring (bicyclic) bond motifs is 3. The summed E-state index contributed by atoms with van der Waals surface area (Å²) in [6.45, 7) is 4.52. The molecule has 0 aliphatic heterocycles. The normalized spacial score (nSPS) is 11.8. The van der Waals surface area contributed by atoms with Crippen molar-refractivity contribution >= 4 is 43.7 Å². The number of ether oxygens (including phenoxy) is 1. The molecular formula is C25H29N5O2S. The Labute approximate surface area is 197 Å². The fourth-order valence-electron chi connectivity index (χ4n) is 3.81. The van der Waals surface area contributed by atoms with Crippen molar-refractivity contribution in [3.05, 3.63) is 63.3 Å². The van der Waals surface area contributed by atoms with Crippen molar-refractivity contribution in [2.24, 2.45) is 5.10 Å². The van der Waals surface area contributed by atoms with Crippen molar-refractivity contribution in [1.29, 1.82) is 0 Å². The first-order chi connectivity index (χ1) is 15.9. The van der Waals surface area contributed by atoms with Gasteiger partial charge in [-0.25, -0.2) is 9.97 Å². The highest BCUT2D eigenvalue weighted by molar-refractivity contribution is 7.25. The monoisotopic (exact) mass is 463 g/mol. The van der Waals surface area contributed by atoms with Crippen molar-refractivity contribution in [2.75, 3.05) is 26.1 Å². The molecule has 0 bridgehead atoms. The van der Waals surface area contributed by atoms with Crippen LogP contribution in [0.1, 0.15) is 42.4 Å². The number of thiophene rings is 1. The average molecular weight is 464 g/mol. The highest BCUT2D eigenvalue weighted by Crippen LogP contribution is 2.33. The van der Waals surface area contributed by atoms with Crippen LogP contribution in [0.5, 0.6) is 0 Å². The van der Waals surface area contributed by atoms with Crippen LogP contribution in [0.25, 0.3) is 20.4 Å². The summed E-state index contributed by atoms with van der Waals surface area (Å²) in [6, 6.07) is 10.0. The first-order valence-corrected chi connectivity index (χ1v) is 11.9. The minimum Gasteiger partial charge on any atom is -0.380 e. The lowest BCUT2D eigenvalue weighted by atomic mass is 10.1. The van der Waals surface area contributed by atoms with Gasteiger partial charge in [-0.2, -0.15) is 9.78 Å². The van der Waals surface area contributed by atoms with E-state index in [9.17, 15) is 4.79 Å². The third-order valence-corrected chi connectivity index (χ3v) is 6.56. The summed E-state index contributed by atoms with van der Waals surface area (Å²) in [4.78, 5) is 26.0. The molecule has 0 spiro atoms. The Bertz CT molecular complexity index is 1370. The zero-order valence-corrected chi connectivity index (χ0v) is 20.6. The summed E-state index contributed by atoms with van der Waals surface area (Å²) in [5.74, 6) is 0.666. The van der Waals surface area contributed by atoms with Gasteiger partial charge in [0, 0.05) is 44.4 Å². The summed E-state index contributed by atoms with van der Waals surface area (Å²) in [5.41, 5.74) is 4.47.